The van der Waals surface area contributed by atoms with Crippen LogP contribution in [0, 0.1) is 0 Å². The van der Waals surface area contributed by atoms with Crippen molar-refractivity contribution in [3.05, 3.63) is 0 Å². The van der Waals surface area contributed by atoms with Crippen molar-refractivity contribution in [2.45, 2.75) is 58.7 Å². The summed E-state index contributed by atoms with van der Waals surface area (Å²) in [6.07, 6.45) is 2.24. The van der Waals surface area contributed by atoms with E-state index in [1.165, 1.54) is 0 Å². The van der Waals surface area contributed by atoms with E-state index in [2.05, 4.69) is 43.2 Å². The number of amides is 1. The fraction of sp³-hybridized carbons (Fsp3) is 0.933. The quantitative estimate of drug-likeness (QED) is 0.698. The molecule has 1 saturated heterocycles. The SMILES string of the molecule is CC(C)N(CCNC(=O)COC1CCNCC1)C(C)C. The Morgan fingerprint density at radius 2 is 1.85 bits per heavy atom. The number of carbonyl (C=O) groups excluding carboxylic acids is 1. The number of ether oxygens (including phenoxy) is 1. The molecule has 0 aromatic carbocycles. The van der Waals surface area contributed by atoms with E-state index >= 15 is 0 Å². The van der Waals surface area contributed by atoms with Gasteiger partial charge in [-0.25, -0.2) is 0 Å². The Kier molecular flexibility index (Phi) is 8.11. The van der Waals surface area contributed by atoms with Crippen LogP contribution in [0.2, 0.25) is 0 Å². The van der Waals surface area contributed by atoms with Crippen molar-refractivity contribution in [3.63, 3.8) is 0 Å². The Morgan fingerprint density at radius 1 is 1.25 bits per heavy atom. The number of rotatable bonds is 8. The number of carbonyl (C=O) groups is 1. The molecular formula is C15H31N3O2. The zero-order valence-electron chi connectivity index (χ0n) is 13.4. The predicted molar refractivity (Wildman–Crippen MR) is 81.8 cm³/mol. The highest BCUT2D eigenvalue weighted by molar-refractivity contribution is 5.77. The summed E-state index contributed by atoms with van der Waals surface area (Å²) in [5.41, 5.74) is 0. The van der Waals surface area contributed by atoms with E-state index in [0.29, 0.717) is 18.6 Å². The summed E-state index contributed by atoms with van der Waals surface area (Å²) < 4.78 is 5.63. The zero-order chi connectivity index (χ0) is 15.0. The van der Waals surface area contributed by atoms with Gasteiger partial charge in [-0.05, 0) is 53.6 Å². The molecule has 5 heteroatoms. The molecule has 0 aliphatic carbocycles. The zero-order valence-corrected chi connectivity index (χ0v) is 13.4. The smallest absolute Gasteiger partial charge is 0.246 e. The Morgan fingerprint density at radius 3 is 2.40 bits per heavy atom. The first-order valence-electron chi connectivity index (χ1n) is 7.85. The normalized spacial score (nSPS) is 17.1. The van der Waals surface area contributed by atoms with Gasteiger partial charge in [-0.1, -0.05) is 0 Å². The Bertz CT molecular complexity index is 268. The summed E-state index contributed by atoms with van der Waals surface area (Å²) in [5, 5.41) is 6.23. The second-order valence-electron chi connectivity index (χ2n) is 6.04. The third-order valence-corrected chi connectivity index (χ3v) is 3.76. The van der Waals surface area contributed by atoms with Crippen molar-refractivity contribution in [2.24, 2.45) is 0 Å². The van der Waals surface area contributed by atoms with E-state index in [1.54, 1.807) is 0 Å². The average molecular weight is 285 g/mol. The summed E-state index contributed by atoms with van der Waals surface area (Å²) in [4.78, 5) is 14.1. The molecule has 1 heterocycles. The summed E-state index contributed by atoms with van der Waals surface area (Å²) in [7, 11) is 0. The van der Waals surface area contributed by atoms with Crippen LogP contribution in [0.25, 0.3) is 0 Å². The third kappa shape index (κ3) is 6.68. The lowest BCUT2D eigenvalue weighted by molar-refractivity contribution is -0.128. The number of hydrogen-bond acceptors (Lipinski definition) is 4. The molecule has 0 aromatic rings. The van der Waals surface area contributed by atoms with E-state index in [1.807, 2.05) is 0 Å². The highest BCUT2D eigenvalue weighted by Crippen LogP contribution is 2.06. The number of piperidine rings is 1. The van der Waals surface area contributed by atoms with E-state index in [9.17, 15) is 4.79 Å². The Labute approximate surface area is 123 Å². The molecule has 1 fully saturated rings. The molecule has 0 bridgehead atoms. The second kappa shape index (κ2) is 9.32. The van der Waals surface area contributed by atoms with Crippen molar-refractivity contribution in [1.82, 2.24) is 15.5 Å². The first-order chi connectivity index (χ1) is 9.50. The summed E-state index contributed by atoms with van der Waals surface area (Å²) in [6.45, 7) is 12.5. The maximum atomic E-state index is 11.7. The van der Waals surface area contributed by atoms with Gasteiger partial charge in [0.25, 0.3) is 0 Å². The number of nitrogens with zero attached hydrogens (tertiary/aromatic N) is 1. The fourth-order valence-electron chi connectivity index (χ4n) is 2.64. The van der Waals surface area contributed by atoms with Gasteiger partial charge in [0.05, 0.1) is 6.10 Å². The minimum Gasteiger partial charge on any atom is -0.368 e. The largest absolute Gasteiger partial charge is 0.368 e. The summed E-state index contributed by atoms with van der Waals surface area (Å²) in [6, 6.07) is 0.996. The molecule has 0 radical (unpaired) electrons. The van der Waals surface area contributed by atoms with Gasteiger partial charge >= 0.3 is 0 Å². The summed E-state index contributed by atoms with van der Waals surface area (Å²) in [5.74, 6) is -0.00371. The lowest BCUT2D eigenvalue weighted by Gasteiger charge is -2.30. The third-order valence-electron chi connectivity index (χ3n) is 3.76. The molecule has 0 aromatic heterocycles. The van der Waals surface area contributed by atoms with E-state index in [-0.39, 0.29) is 18.6 Å². The van der Waals surface area contributed by atoms with Gasteiger partial charge in [-0.3, -0.25) is 9.69 Å². The van der Waals surface area contributed by atoms with Crippen LogP contribution in [0.4, 0.5) is 0 Å². The maximum Gasteiger partial charge on any atom is 0.246 e. The first kappa shape index (κ1) is 17.4. The van der Waals surface area contributed by atoms with Gasteiger partial charge in [-0.15, -0.1) is 0 Å². The van der Waals surface area contributed by atoms with E-state index < -0.39 is 0 Å². The Balaban J connectivity index is 2.12. The van der Waals surface area contributed by atoms with Crippen LogP contribution in [0.3, 0.4) is 0 Å². The van der Waals surface area contributed by atoms with E-state index in [0.717, 1.165) is 32.5 Å². The minimum absolute atomic E-state index is 0.00371. The lowest BCUT2D eigenvalue weighted by atomic mass is 10.1. The average Bonchev–Trinajstić information content (AvgIpc) is 2.41. The monoisotopic (exact) mass is 285 g/mol. The number of hydrogen-bond donors (Lipinski definition) is 2. The molecule has 1 aliphatic rings. The second-order valence-corrected chi connectivity index (χ2v) is 6.04. The molecule has 2 N–H and O–H groups in total. The van der Waals surface area contributed by atoms with Crippen LogP contribution < -0.4 is 10.6 Å². The molecular weight excluding hydrogens is 254 g/mol. The first-order valence-corrected chi connectivity index (χ1v) is 7.85. The van der Waals surface area contributed by atoms with Crippen LogP contribution in [0.1, 0.15) is 40.5 Å². The minimum atomic E-state index is -0.00371. The summed E-state index contributed by atoms with van der Waals surface area (Å²) >= 11 is 0. The van der Waals surface area contributed by atoms with Gasteiger partial charge < -0.3 is 15.4 Å². The van der Waals surface area contributed by atoms with Gasteiger partial charge in [0, 0.05) is 25.2 Å². The molecule has 0 atom stereocenters. The molecule has 0 unspecified atom stereocenters. The van der Waals surface area contributed by atoms with Crippen molar-refractivity contribution in [1.29, 1.82) is 0 Å². The van der Waals surface area contributed by atoms with Crippen molar-refractivity contribution in [3.8, 4) is 0 Å². The lowest BCUT2D eigenvalue weighted by Crippen LogP contribution is -2.43. The van der Waals surface area contributed by atoms with Crippen LogP contribution in [0.5, 0.6) is 0 Å². The molecule has 0 saturated carbocycles. The van der Waals surface area contributed by atoms with E-state index in [4.69, 9.17) is 4.74 Å². The van der Waals surface area contributed by atoms with Crippen LogP contribution in [-0.2, 0) is 9.53 Å². The van der Waals surface area contributed by atoms with Crippen molar-refractivity contribution < 1.29 is 9.53 Å². The van der Waals surface area contributed by atoms with Crippen molar-refractivity contribution >= 4 is 5.91 Å². The van der Waals surface area contributed by atoms with Gasteiger partial charge in [0.1, 0.15) is 6.61 Å². The topological polar surface area (TPSA) is 53.6 Å². The van der Waals surface area contributed by atoms with Crippen molar-refractivity contribution in [2.75, 3.05) is 32.8 Å². The standard InChI is InChI=1S/C15H31N3O2/c1-12(2)18(13(3)4)10-9-17-15(19)11-20-14-5-7-16-8-6-14/h12-14,16H,5-11H2,1-4H3,(H,17,19). The van der Waals surface area contributed by atoms with Gasteiger partial charge in [0.2, 0.25) is 5.91 Å². The maximum absolute atomic E-state index is 11.7. The number of nitrogens with one attached hydrogen (secondary N) is 2. The molecule has 0 spiro atoms. The molecule has 1 amide bonds. The molecule has 5 nitrogen and oxygen atoms in total. The molecule has 1 aliphatic heterocycles. The highest BCUT2D eigenvalue weighted by Gasteiger charge is 2.15. The Hall–Kier alpha value is -0.650. The van der Waals surface area contributed by atoms with Crippen LogP contribution >= 0.6 is 0 Å². The predicted octanol–water partition coefficient (Wildman–Crippen LogP) is 0.990. The van der Waals surface area contributed by atoms with Crippen LogP contribution in [-0.4, -0.2) is 61.8 Å². The molecule has 118 valence electrons. The fourth-order valence-corrected chi connectivity index (χ4v) is 2.64. The van der Waals surface area contributed by atoms with Gasteiger partial charge in [0.15, 0.2) is 0 Å². The van der Waals surface area contributed by atoms with Crippen LogP contribution in [0.15, 0.2) is 0 Å². The molecule has 20 heavy (non-hydrogen) atoms. The van der Waals surface area contributed by atoms with Gasteiger partial charge in [-0.2, -0.15) is 0 Å². The molecule has 1 rings (SSSR count). The highest BCUT2D eigenvalue weighted by atomic mass is 16.5.